The maximum absolute atomic E-state index is 11.9. The van der Waals surface area contributed by atoms with Gasteiger partial charge in [0, 0.05) is 0 Å². The number of nitro benzene ring substituents is 1. The van der Waals surface area contributed by atoms with E-state index >= 15 is 0 Å². The van der Waals surface area contributed by atoms with Crippen LogP contribution >= 0.6 is 17.2 Å². The third-order valence-electron chi connectivity index (χ3n) is 9.55. The second kappa shape index (κ2) is 13.5. The quantitative estimate of drug-likeness (QED) is 0.0774. The Bertz CT molecular complexity index is 2010. The van der Waals surface area contributed by atoms with Crippen LogP contribution in [0, 0.1) is 17.0 Å². The van der Waals surface area contributed by atoms with E-state index in [1.807, 2.05) is 61.5 Å². The molecular weight excluding hydrogens is 649 g/mol. The maximum atomic E-state index is 11.9. The number of benzene rings is 6. The van der Waals surface area contributed by atoms with Crippen LogP contribution in [0.3, 0.4) is 0 Å². The van der Waals surface area contributed by atoms with Gasteiger partial charge in [0.05, 0.1) is 0 Å². The van der Waals surface area contributed by atoms with Crippen LogP contribution in [0.25, 0.3) is 0 Å². The van der Waals surface area contributed by atoms with Crippen molar-refractivity contribution in [3.63, 3.8) is 0 Å². The molecule has 1 aliphatic carbocycles. The number of rotatable bonds is 11. The average molecular weight is 686 g/mol. The summed E-state index contributed by atoms with van der Waals surface area (Å²) in [5, 5.41) is 15.0. The van der Waals surface area contributed by atoms with Crippen molar-refractivity contribution in [2.24, 2.45) is 0 Å². The van der Waals surface area contributed by atoms with Gasteiger partial charge in [0.2, 0.25) is 0 Å². The van der Waals surface area contributed by atoms with E-state index in [1.165, 1.54) is 0 Å². The Hall–Kier alpha value is -4.96. The summed E-state index contributed by atoms with van der Waals surface area (Å²) >= 11 is 8.53. The van der Waals surface area contributed by atoms with Crippen LogP contribution in [0.1, 0.15) is 34.2 Å². The summed E-state index contributed by atoms with van der Waals surface area (Å²) in [6.45, 7) is 2.27. The Kier molecular flexibility index (Phi) is 8.98. The van der Waals surface area contributed by atoms with Crippen molar-refractivity contribution in [1.29, 1.82) is 0 Å². The first-order chi connectivity index (χ1) is 23.8. The Morgan fingerprint density at radius 1 is 0.714 bits per heavy atom. The average Bonchev–Trinajstić information content (AvgIpc) is 3.64. The molecule has 7 rings (SSSR count). The summed E-state index contributed by atoms with van der Waals surface area (Å²) in [6, 6.07) is 48.9. The second-order valence-corrected chi connectivity index (χ2v) is 19.1. The minimum atomic E-state index is -3.74. The number of nitro groups is 1. The van der Waals surface area contributed by atoms with Gasteiger partial charge in [-0.15, -0.1) is 0 Å². The van der Waals surface area contributed by atoms with Crippen LogP contribution in [0.4, 0.5) is 5.69 Å². The first-order valence-electron chi connectivity index (χ1n) is 16.5. The van der Waals surface area contributed by atoms with Crippen molar-refractivity contribution in [1.82, 2.24) is 0 Å². The van der Waals surface area contributed by atoms with E-state index in [9.17, 15) is 10.1 Å². The van der Waals surface area contributed by atoms with E-state index in [0.717, 1.165) is 62.3 Å². The van der Waals surface area contributed by atoms with Crippen molar-refractivity contribution in [2.45, 2.75) is 39.0 Å². The van der Waals surface area contributed by atoms with Crippen LogP contribution in [-0.4, -0.2) is 4.92 Å². The van der Waals surface area contributed by atoms with E-state index in [2.05, 4.69) is 84.9 Å². The zero-order valence-corrected chi connectivity index (χ0v) is 28.9. The molecule has 7 heteroatoms. The van der Waals surface area contributed by atoms with Crippen LogP contribution in [0.5, 0.6) is 17.2 Å². The fraction of sp³-hybridized carbons (Fsp3) is 0.143. The van der Waals surface area contributed by atoms with Gasteiger partial charge in [0.1, 0.15) is 0 Å². The van der Waals surface area contributed by atoms with Crippen molar-refractivity contribution in [3.8, 4) is 17.2 Å². The molecule has 49 heavy (non-hydrogen) atoms. The van der Waals surface area contributed by atoms with Crippen molar-refractivity contribution in [3.05, 3.63) is 184 Å². The van der Waals surface area contributed by atoms with Crippen molar-refractivity contribution < 1.29 is 14.4 Å². The van der Waals surface area contributed by atoms with Crippen molar-refractivity contribution >= 4 is 38.8 Å². The summed E-state index contributed by atoms with van der Waals surface area (Å²) in [4.78, 5) is 11.6. The molecule has 0 atom stereocenters. The third-order valence-corrected chi connectivity index (χ3v) is 16.7. The van der Waals surface area contributed by atoms with Gasteiger partial charge in [-0.2, -0.15) is 0 Å². The number of hydrogen-bond acceptors (Lipinski definition) is 4. The molecule has 0 saturated heterocycles. The van der Waals surface area contributed by atoms with Gasteiger partial charge in [-0.3, -0.25) is 0 Å². The molecular formula is C42H37ClNO4P. The third kappa shape index (κ3) is 6.10. The molecule has 0 aliphatic heterocycles. The summed E-state index contributed by atoms with van der Waals surface area (Å²) in [5.41, 5.74) is 4.59. The zero-order valence-electron chi connectivity index (χ0n) is 27.3. The molecule has 0 bridgehead atoms. The van der Waals surface area contributed by atoms with Crippen molar-refractivity contribution in [2.75, 3.05) is 0 Å². The Morgan fingerprint density at radius 3 is 1.80 bits per heavy atom. The number of fused-ring (bicyclic) bond motifs is 1. The summed E-state index contributed by atoms with van der Waals surface area (Å²) in [7, 11) is 0. The Morgan fingerprint density at radius 2 is 1.24 bits per heavy atom. The second-order valence-electron chi connectivity index (χ2n) is 12.6. The molecule has 0 saturated carbocycles. The fourth-order valence-electron chi connectivity index (χ4n) is 7.17. The fourth-order valence-corrected chi connectivity index (χ4v) is 13.3. The molecule has 0 unspecified atom stereocenters. The molecule has 0 heterocycles. The molecule has 0 N–H and O–H groups in total. The van der Waals surface area contributed by atoms with E-state index in [0.29, 0.717) is 30.7 Å². The SMILES string of the molecule is Cc1cc([N+](=O)[O-])c2c(c1Oc1ccc(OCc3ccccc3)c(CP(Cl)(c3ccccc3)(c3ccccc3)c3ccccc3)c1)CCC2. The first kappa shape index (κ1) is 32.6. The molecule has 0 aromatic heterocycles. The van der Waals surface area contributed by atoms with Gasteiger partial charge in [-0.1, -0.05) is 0 Å². The normalized spacial score (nSPS) is 13.2. The van der Waals surface area contributed by atoms with Crippen LogP contribution in [0.2, 0.25) is 0 Å². The molecule has 0 spiro atoms. The minimum absolute atomic E-state index is 0.177. The van der Waals surface area contributed by atoms with Gasteiger partial charge in [-0.05, 0) is 0 Å². The van der Waals surface area contributed by atoms with E-state index in [1.54, 1.807) is 6.07 Å². The van der Waals surface area contributed by atoms with E-state index in [-0.39, 0.29) is 10.6 Å². The number of nitrogens with zero attached hydrogens (tertiary/aromatic N) is 1. The van der Waals surface area contributed by atoms with Gasteiger partial charge in [0.25, 0.3) is 0 Å². The molecule has 0 amide bonds. The first-order valence-corrected chi connectivity index (χ1v) is 19.8. The number of aryl methyl sites for hydroxylation is 1. The monoisotopic (exact) mass is 685 g/mol. The number of hydrogen-bond donors (Lipinski definition) is 0. The van der Waals surface area contributed by atoms with E-state index < -0.39 is 5.96 Å². The van der Waals surface area contributed by atoms with Gasteiger partial charge >= 0.3 is 293 Å². The zero-order chi connectivity index (χ0) is 33.9. The molecule has 6 aromatic carbocycles. The van der Waals surface area contributed by atoms with Gasteiger partial charge < -0.3 is 0 Å². The standard InChI is InChI=1S/C42H37ClNO4P/c1-31-27-40(44(45)46)38-23-14-24-39(38)42(31)48-34-25-26-41(47-29-32-15-6-2-7-16-32)33(28-34)30-49(43,35-17-8-3-9-18-35,36-19-10-4-11-20-36)37-21-12-5-13-22-37/h2-13,15-22,25-28H,14,23-24,29-30H2,1H3. The number of halogens is 1. The van der Waals surface area contributed by atoms with Crippen LogP contribution in [0.15, 0.2) is 146 Å². The summed E-state index contributed by atoms with van der Waals surface area (Å²) < 4.78 is 13.3. The van der Waals surface area contributed by atoms with Gasteiger partial charge in [0.15, 0.2) is 0 Å². The molecule has 0 fully saturated rings. The van der Waals surface area contributed by atoms with Gasteiger partial charge in [-0.25, -0.2) is 0 Å². The molecule has 0 radical (unpaired) electrons. The molecule has 246 valence electrons. The molecule has 5 nitrogen and oxygen atoms in total. The number of ether oxygens (including phenoxy) is 2. The predicted molar refractivity (Wildman–Crippen MR) is 202 cm³/mol. The van der Waals surface area contributed by atoms with E-state index in [4.69, 9.17) is 20.7 Å². The Balaban J connectivity index is 1.41. The topological polar surface area (TPSA) is 61.6 Å². The van der Waals surface area contributed by atoms with Crippen LogP contribution < -0.4 is 25.4 Å². The summed E-state index contributed by atoms with van der Waals surface area (Å²) in [5.74, 6) is -1.69. The molecule has 6 aromatic rings. The Labute approximate surface area is 292 Å². The predicted octanol–water partition coefficient (Wildman–Crippen LogP) is 9.95. The molecule has 1 aliphatic rings. The summed E-state index contributed by atoms with van der Waals surface area (Å²) in [6.07, 6.45) is 2.74. The van der Waals surface area contributed by atoms with Crippen LogP contribution in [-0.2, 0) is 25.6 Å².